The highest BCUT2D eigenvalue weighted by atomic mass is 16.6. The summed E-state index contributed by atoms with van der Waals surface area (Å²) in [6, 6.07) is 8.00. The van der Waals surface area contributed by atoms with E-state index in [1.54, 1.807) is 0 Å². The van der Waals surface area contributed by atoms with Crippen molar-refractivity contribution in [3.05, 3.63) is 29.8 Å². The molecular formula is C18H21NO3. The topological polar surface area (TPSA) is 46.6 Å². The smallest absolute Gasteiger partial charge is 0.310 e. The van der Waals surface area contributed by atoms with Crippen molar-refractivity contribution >= 4 is 17.6 Å². The number of anilines is 1. The van der Waals surface area contributed by atoms with Crippen LogP contribution < -0.4 is 4.90 Å². The van der Waals surface area contributed by atoms with E-state index in [1.165, 1.54) is 0 Å². The van der Waals surface area contributed by atoms with E-state index in [1.807, 2.05) is 43.0 Å². The Labute approximate surface area is 130 Å². The van der Waals surface area contributed by atoms with Crippen LogP contribution in [0, 0.1) is 30.6 Å². The molecule has 1 aromatic carbocycles. The summed E-state index contributed by atoms with van der Waals surface area (Å²) in [5.41, 5.74) is 2.07. The summed E-state index contributed by atoms with van der Waals surface area (Å²) in [5, 5.41) is 0. The van der Waals surface area contributed by atoms with Gasteiger partial charge in [-0.15, -0.1) is 0 Å². The number of fused-ring (bicyclic) bond motifs is 1. The summed E-state index contributed by atoms with van der Waals surface area (Å²) in [5.74, 6) is 0.170. The van der Waals surface area contributed by atoms with Crippen molar-refractivity contribution in [1.29, 1.82) is 0 Å². The fraction of sp³-hybridized carbons (Fsp3) is 0.556. The normalized spacial score (nSPS) is 34.8. The molecule has 3 fully saturated rings. The molecule has 0 radical (unpaired) electrons. The number of hydrogen-bond acceptors (Lipinski definition) is 3. The van der Waals surface area contributed by atoms with Crippen LogP contribution in [0.2, 0.25) is 0 Å². The summed E-state index contributed by atoms with van der Waals surface area (Å²) in [4.78, 5) is 27.1. The Morgan fingerprint density at radius 3 is 2.91 bits per heavy atom. The fourth-order valence-electron chi connectivity index (χ4n) is 4.78. The highest BCUT2D eigenvalue weighted by Gasteiger charge is 2.64. The Morgan fingerprint density at radius 2 is 2.18 bits per heavy atom. The number of carbonyl (C=O) groups excluding carboxylic acids is 2. The molecule has 22 heavy (non-hydrogen) atoms. The van der Waals surface area contributed by atoms with Gasteiger partial charge in [0.2, 0.25) is 5.91 Å². The van der Waals surface area contributed by atoms with Crippen LogP contribution in [0.5, 0.6) is 0 Å². The van der Waals surface area contributed by atoms with Gasteiger partial charge in [0.1, 0.15) is 6.10 Å². The van der Waals surface area contributed by atoms with Crippen molar-refractivity contribution in [3.8, 4) is 0 Å². The van der Waals surface area contributed by atoms with Gasteiger partial charge in [0.15, 0.2) is 0 Å². The Balaban J connectivity index is 1.64. The van der Waals surface area contributed by atoms with E-state index in [-0.39, 0.29) is 35.7 Å². The van der Waals surface area contributed by atoms with Gasteiger partial charge in [-0.2, -0.15) is 0 Å². The summed E-state index contributed by atoms with van der Waals surface area (Å²) >= 11 is 0. The van der Waals surface area contributed by atoms with Gasteiger partial charge in [-0.25, -0.2) is 0 Å². The third kappa shape index (κ3) is 1.82. The van der Waals surface area contributed by atoms with E-state index < -0.39 is 0 Å². The maximum Gasteiger partial charge on any atom is 0.310 e. The SMILES string of the molecule is CCN(C(=O)C1C2CC3OC(=O)C1C3C2)c1cccc(C)c1. The second-order valence-corrected chi connectivity index (χ2v) is 6.84. The molecule has 1 aliphatic heterocycles. The van der Waals surface area contributed by atoms with Crippen LogP contribution in [0.15, 0.2) is 24.3 Å². The molecule has 0 aromatic heterocycles. The molecule has 1 saturated heterocycles. The van der Waals surface area contributed by atoms with Gasteiger partial charge in [-0.05, 0) is 50.3 Å². The number of amides is 1. The lowest BCUT2D eigenvalue weighted by Crippen LogP contribution is -2.42. The minimum atomic E-state index is -0.199. The highest BCUT2D eigenvalue weighted by molar-refractivity contribution is 5.98. The largest absolute Gasteiger partial charge is 0.462 e. The van der Waals surface area contributed by atoms with Crippen molar-refractivity contribution in [2.75, 3.05) is 11.4 Å². The maximum absolute atomic E-state index is 13.1. The quantitative estimate of drug-likeness (QED) is 0.806. The molecule has 4 rings (SSSR count). The number of benzene rings is 1. The molecule has 2 aliphatic carbocycles. The molecule has 1 aromatic rings. The Kier molecular flexibility index (Phi) is 3.03. The van der Waals surface area contributed by atoms with Crippen LogP contribution >= 0.6 is 0 Å². The predicted molar refractivity (Wildman–Crippen MR) is 82.3 cm³/mol. The Bertz CT molecular complexity index is 639. The first-order chi connectivity index (χ1) is 10.6. The first kappa shape index (κ1) is 13.8. The van der Waals surface area contributed by atoms with Gasteiger partial charge >= 0.3 is 5.97 Å². The van der Waals surface area contributed by atoms with E-state index in [9.17, 15) is 9.59 Å². The minimum absolute atomic E-state index is 0.0839. The average molecular weight is 299 g/mol. The standard InChI is InChI=1S/C18H21NO3/c1-3-19(12-6-4-5-10(2)7-12)17(20)15-11-8-13-14(9-11)22-18(21)16(13)15/h4-7,11,13-16H,3,8-9H2,1-2H3. The van der Waals surface area contributed by atoms with Crippen molar-refractivity contribution in [2.45, 2.75) is 32.8 Å². The summed E-state index contributed by atoms with van der Waals surface area (Å²) in [6.45, 7) is 4.64. The van der Waals surface area contributed by atoms with Gasteiger partial charge in [0.05, 0.1) is 11.8 Å². The second kappa shape index (κ2) is 4.83. The fourth-order valence-corrected chi connectivity index (χ4v) is 4.78. The maximum atomic E-state index is 13.1. The molecule has 1 amide bonds. The summed E-state index contributed by atoms with van der Waals surface area (Å²) in [7, 11) is 0. The molecule has 4 nitrogen and oxygen atoms in total. The molecule has 2 saturated carbocycles. The van der Waals surface area contributed by atoms with Crippen LogP contribution in [-0.4, -0.2) is 24.5 Å². The van der Waals surface area contributed by atoms with Crippen LogP contribution in [0.3, 0.4) is 0 Å². The molecule has 2 bridgehead atoms. The van der Waals surface area contributed by atoms with Gasteiger partial charge in [-0.1, -0.05) is 12.1 Å². The third-order valence-corrected chi connectivity index (χ3v) is 5.66. The van der Waals surface area contributed by atoms with Gasteiger partial charge in [0.25, 0.3) is 0 Å². The zero-order valence-corrected chi connectivity index (χ0v) is 13.0. The molecule has 3 aliphatic rings. The van der Waals surface area contributed by atoms with Gasteiger partial charge in [0, 0.05) is 18.2 Å². The van der Waals surface area contributed by atoms with E-state index >= 15 is 0 Å². The summed E-state index contributed by atoms with van der Waals surface area (Å²) in [6.07, 6.45) is 1.93. The molecule has 5 unspecified atom stereocenters. The van der Waals surface area contributed by atoms with Crippen LogP contribution in [0.1, 0.15) is 25.3 Å². The first-order valence-electron chi connectivity index (χ1n) is 8.18. The zero-order chi connectivity index (χ0) is 15.4. The van der Waals surface area contributed by atoms with Crippen LogP contribution in [-0.2, 0) is 14.3 Å². The second-order valence-electron chi connectivity index (χ2n) is 6.84. The van der Waals surface area contributed by atoms with Crippen LogP contribution in [0.4, 0.5) is 5.69 Å². The lowest BCUT2D eigenvalue weighted by molar-refractivity contribution is -0.145. The number of esters is 1. The lowest BCUT2D eigenvalue weighted by Gasteiger charge is -2.30. The molecular weight excluding hydrogens is 278 g/mol. The number of hydrogen-bond donors (Lipinski definition) is 0. The summed E-state index contributed by atoms with van der Waals surface area (Å²) < 4.78 is 5.45. The average Bonchev–Trinajstić information content (AvgIpc) is 3.09. The van der Waals surface area contributed by atoms with Crippen molar-refractivity contribution in [2.24, 2.45) is 23.7 Å². The van der Waals surface area contributed by atoms with E-state index in [2.05, 4.69) is 0 Å². The van der Waals surface area contributed by atoms with E-state index in [0.29, 0.717) is 12.5 Å². The number of aryl methyl sites for hydroxylation is 1. The molecule has 0 N–H and O–H groups in total. The lowest BCUT2D eigenvalue weighted by atomic mass is 9.79. The van der Waals surface area contributed by atoms with E-state index in [0.717, 1.165) is 24.1 Å². The number of ether oxygens (including phenoxy) is 1. The molecule has 5 atom stereocenters. The monoisotopic (exact) mass is 299 g/mol. The number of rotatable bonds is 3. The number of carbonyl (C=O) groups is 2. The molecule has 4 heteroatoms. The van der Waals surface area contributed by atoms with Crippen molar-refractivity contribution in [1.82, 2.24) is 0 Å². The third-order valence-electron chi connectivity index (χ3n) is 5.66. The van der Waals surface area contributed by atoms with Crippen molar-refractivity contribution < 1.29 is 14.3 Å². The van der Waals surface area contributed by atoms with Gasteiger partial charge < -0.3 is 9.64 Å². The highest BCUT2D eigenvalue weighted by Crippen LogP contribution is 2.58. The first-order valence-corrected chi connectivity index (χ1v) is 8.18. The Morgan fingerprint density at radius 1 is 1.36 bits per heavy atom. The van der Waals surface area contributed by atoms with E-state index in [4.69, 9.17) is 4.74 Å². The molecule has 1 heterocycles. The Hall–Kier alpha value is -1.84. The van der Waals surface area contributed by atoms with Crippen LogP contribution in [0.25, 0.3) is 0 Å². The van der Waals surface area contributed by atoms with Gasteiger partial charge in [-0.3, -0.25) is 9.59 Å². The zero-order valence-electron chi connectivity index (χ0n) is 13.0. The minimum Gasteiger partial charge on any atom is -0.462 e. The number of nitrogens with zero attached hydrogens (tertiary/aromatic N) is 1. The molecule has 0 spiro atoms. The van der Waals surface area contributed by atoms with Crippen molar-refractivity contribution in [3.63, 3.8) is 0 Å². The predicted octanol–water partition coefficient (Wildman–Crippen LogP) is 2.55. The molecule has 116 valence electrons.